The molecule has 1 heterocycles. The monoisotopic (exact) mass is 392 g/mol. The molecular formula is C17H14ClFN4O2S. The summed E-state index contributed by atoms with van der Waals surface area (Å²) >= 11 is 5.92. The molecule has 0 aliphatic heterocycles. The molecule has 3 rings (SSSR count). The standard InChI is InChI=1S/C17H14ClFN4O2S/c1-11-10-12(18)2-7-15(11)20-16-8-9-17(22-21-16)23-26(24,25)14-5-3-13(19)4-6-14/h2-10H,1H3,(H,20,21)(H,22,23). The van der Waals surface area contributed by atoms with E-state index in [1.54, 1.807) is 12.1 Å². The van der Waals surface area contributed by atoms with Crippen molar-refractivity contribution in [1.29, 1.82) is 0 Å². The highest BCUT2D eigenvalue weighted by Crippen LogP contribution is 2.23. The maximum absolute atomic E-state index is 12.9. The molecule has 0 atom stereocenters. The van der Waals surface area contributed by atoms with Crippen molar-refractivity contribution in [2.24, 2.45) is 0 Å². The van der Waals surface area contributed by atoms with Gasteiger partial charge in [-0.1, -0.05) is 11.6 Å². The molecule has 0 aliphatic carbocycles. The van der Waals surface area contributed by atoms with Gasteiger partial charge in [0.1, 0.15) is 5.82 Å². The molecule has 0 fully saturated rings. The van der Waals surface area contributed by atoms with Gasteiger partial charge in [-0.05, 0) is 67.1 Å². The number of halogens is 2. The lowest BCUT2D eigenvalue weighted by molar-refractivity contribution is 0.599. The van der Waals surface area contributed by atoms with Crippen LogP contribution in [0.4, 0.5) is 21.7 Å². The molecular weight excluding hydrogens is 379 g/mol. The third-order valence-electron chi connectivity index (χ3n) is 3.48. The van der Waals surface area contributed by atoms with Gasteiger partial charge in [-0.3, -0.25) is 4.72 Å². The van der Waals surface area contributed by atoms with Gasteiger partial charge in [0.05, 0.1) is 4.90 Å². The fourth-order valence-corrected chi connectivity index (χ4v) is 3.39. The van der Waals surface area contributed by atoms with Crippen molar-refractivity contribution in [3.8, 4) is 0 Å². The number of rotatable bonds is 5. The number of aryl methyl sites for hydroxylation is 1. The van der Waals surface area contributed by atoms with E-state index in [0.717, 1.165) is 23.4 Å². The van der Waals surface area contributed by atoms with E-state index in [1.807, 2.05) is 19.1 Å². The zero-order valence-electron chi connectivity index (χ0n) is 13.6. The van der Waals surface area contributed by atoms with Crippen molar-refractivity contribution in [2.45, 2.75) is 11.8 Å². The van der Waals surface area contributed by atoms with Crippen molar-refractivity contribution in [3.63, 3.8) is 0 Å². The number of hydrogen-bond acceptors (Lipinski definition) is 5. The summed E-state index contributed by atoms with van der Waals surface area (Å²) in [5.41, 5.74) is 1.74. The van der Waals surface area contributed by atoms with Crippen LogP contribution in [-0.2, 0) is 10.0 Å². The van der Waals surface area contributed by atoms with Crippen molar-refractivity contribution in [1.82, 2.24) is 10.2 Å². The summed E-state index contributed by atoms with van der Waals surface area (Å²) in [6, 6.07) is 12.9. The second kappa shape index (κ2) is 7.27. The molecule has 0 saturated carbocycles. The van der Waals surface area contributed by atoms with Gasteiger partial charge >= 0.3 is 0 Å². The summed E-state index contributed by atoms with van der Waals surface area (Å²) in [4.78, 5) is -0.0697. The lowest BCUT2D eigenvalue weighted by Crippen LogP contribution is -2.14. The van der Waals surface area contributed by atoms with Crippen LogP contribution in [0, 0.1) is 12.7 Å². The molecule has 2 aromatic carbocycles. The fourth-order valence-electron chi connectivity index (χ4n) is 2.17. The van der Waals surface area contributed by atoms with Gasteiger partial charge in [0, 0.05) is 10.7 Å². The van der Waals surface area contributed by atoms with Gasteiger partial charge < -0.3 is 5.32 Å². The van der Waals surface area contributed by atoms with Crippen LogP contribution < -0.4 is 10.0 Å². The normalized spacial score (nSPS) is 11.2. The van der Waals surface area contributed by atoms with Crippen LogP contribution in [0.25, 0.3) is 0 Å². The van der Waals surface area contributed by atoms with Crippen LogP contribution in [0.2, 0.25) is 5.02 Å². The zero-order chi connectivity index (χ0) is 18.7. The quantitative estimate of drug-likeness (QED) is 0.682. The van der Waals surface area contributed by atoms with E-state index in [9.17, 15) is 12.8 Å². The molecule has 0 spiro atoms. The summed E-state index contributed by atoms with van der Waals surface area (Å²) < 4.78 is 39.7. The highest BCUT2D eigenvalue weighted by molar-refractivity contribution is 7.92. The lowest BCUT2D eigenvalue weighted by atomic mass is 10.2. The first-order valence-electron chi connectivity index (χ1n) is 7.49. The molecule has 2 N–H and O–H groups in total. The number of sulfonamides is 1. The van der Waals surface area contributed by atoms with E-state index in [1.165, 1.54) is 18.2 Å². The molecule has 3 aromatic rings. The van der Waals surface area contributed by atoms with Crippen LogP contribution in [0.1, 0.15) is 5.56 Å². The minimum atomic E-state index is -3.87. The smallest absolute Gasteiger partial charge is 0.263 e. The number of anilines is 3. The fraction of sp³-hybridized carbons (Fsp3) is 0.0588. The Hall–Kier alpha value is -2.71. The molecule has 9 heteroatoms. The first-order chi connectivity index (χ1) is 12.3. The molecule has 26 heavy (non-hydrogen) atoms. The summed E-state index contributed by atoms with van der Waals surface area (Å²) in [6.07, 6.45) is 0. The number of nitrogens with zero attached hydrogens (tertiary/aromatic N) is 2. The van der Waals surface area contributed by atoms with Gasteiger partial charge in [0.25, 0.3) is 10.0 Å². The van der Waals surface area contributed by atoms with Crippen LogP contribution >= 0.6 is 11.6 Å². The Morgan fingerprint density at radius 1 is 0.962 bits per heavy atom. The van der Waals surface area contributed by atoms with E-state index in [4.69, 9.17) is 11.6 Å². The van der Waals surface area contributed by atoms with Gasteiger partial charge in [0.2, 0.25) is 0 Å². The molecule has 6 nitrogen and oxygen atoms in total. The molecule has 0 saturated heterocycles. The van der Waals surface area contributed by atoms with Crippen LogP contribution in [0.15, 0.2) is 59.5 Å². The average Bonchev–Trinajstić information content (AvgIpc) is 2.59. The topological polar surface area (TPSA) is 84.0 Å². The first kappa shape index (κ1) is 18.1. The predicted molar refractivity (Wildman–Crippen MR) is 98.7 cm³/mol. The van der Waals surface area contributed by atoms with Crippen molar-refractivity contribution in [3.05, 3.63) is 71.0 Å². The molecule has 134 valence electrons. The Kier molecular flexibility index (Phi) is 5.06. The Morgan fingerprint density at radius 3 is 2.23 bits per heavy atom. The van der Waals surface area contributed by atoms with Crippen LogP contribution in [0.5, 0.6) is 0 Å². The average molecular weight is 393 g/mol. The summed E-state index contributed by atoms with van der Waals surface area (Å²) in [7, 11) is -3.87. The third-order valence-corrected chi connectivity index (χ3v) is 5.08. The van der Waals surface area contributed by atoms with E-state index in [0.29, 0.717) is 10.8 Å². The van der Waals surface area contributed by atoms with Gasteiger partial charge in [0.15, 0.2) is 11.6 Å². The first-order valence-corrected chi connectivity index (χ1v) is 9.35. The number of benzene rings is 2. The number of hydrogen-bond donors (Lipinski definition) is 2. The highest BCUT2D eigenvalue weighted by atomic mass is 35.5. The molecule has 0 aliphatic rings. The third kappa shape index (κ3) is 4.27. The summed E-state index contributed by atoms with van der Waals surface area (Å²) in [5, 5.41) is 11.5. The predicted octanol–water partition coefficient (Wildman–Crippen LogP) is 4.12. The van der Waals surface area contributed by atoms with Gasteiger partial charge in [-0.2, -0.15) is 0 Å². The number of aromatic nitrogens is 2. The maximum atomic E-state index is 12.9. The maximum Gasteiger partial charge on any atom is 0.263 e. The van der Waals surface area contributed by atoms with E-state index >= 15 is 0 Å². The minimum absolute atomic E-state index is 0.0488. The molecule has 0 bridgehead atoms. The molecule has 1 aromatic heterocycles. The van der Waals surface area contributed by atoms with Crippen LogP contribution in [-0.4, -0.2) is 18.6 Å². The zero-order valence-corrected chi connectivity index (χ0v) is 15.1. The summed E-state index contributed by atoms with van der Waals surface area (Å²) in [5.74, 6) is -0.0236. The second-order valence-electron chi connectivity index (χ2n) is 5.45. The SMILES string of the molecule is Cc1cc(Cl)ccc1Nc1ccc(NS(=O)(=O)c2ccc(F)cc2)nn1. The van der Waals surface area contributed by atoms with Gasteiger partial charge in [-0.25, -0.2) is 12.8 Å². The summed E-state index contributed by atoms with van der Waals surface area (Å²) in [6.45, 7) is 1.90. The Morgan fingerprint density at radius 2 is 1.62 bits per heavy atom. The van der Waals surface area contributed by atoms with Crippen LogP contribution in [0.3, 0.4) is 0 Å². The minimum Gasteiger partial charge on any atom is -0.339 e. The molecule has 0 radical (unpaired) electrons. The Balaban J connectivity index is 1.74. The van der Waals surface area contributed by atoms with Crippen molar-refractivity contribution < 1.29 is 12.8 Å². The molecule has 0 amide bonds. The van der Waals surface area contributed by atoms with Crippen molar-refractivity contribution in [2.75, 3.05) is 10.0 Å². The highest BCUT2D eigenvalue weighted by Gasteiger charge is 2.15. The Labute approximate surface area is 155 Å². The van der Waals surface area contributed by atoms with E-state index < -0.39 is 15.8 Å². The lowest BCUT2D eigenvalue weighted by Gasteiger charge is -2.10. The largest absolute Gasteiger partial charge is 0.339 e. The number of nitrogens with one attached hydrogen (secondary N) is 2. The van der Waals surface area contributed by atoms with E-state index in [2.05, 4.69) is 20.2 Å². The Bertz CT molecular complexity index is 1030. The molecule has 0 unspecified atom stereocenters. The van der Waals surface area contributed by atoms with Gasteiger partial charge in [-0.15, -0.1) is 10.2 Å². The van der Waals surface area contributed by atoms with Crippen molar-refractivity contribution >= 4 is 38.9 Å². The second-order valence-corrected chi connectivity index (χ2v) is 7.57. The van der Waals surface area contributed by atoms with E-state index in [-0.39, 0.29) is 10.7 Å².